The minimum atomic E-state index is -0.538. The number of benzene rings is 2. The van der Waals surface area contributed by atoms with E-state index >= 15 is 0 Å². The lowest BCUT2D eigenvalue weighted by Crippen LogP contribution is -2.15. The van der Waals surface area contributed by atoms with Gasteiger partial charge in [-0.1, -0.05) is 46.4 Å². The third-order valence-electron chi connectivity index (χ3n) is 2.84. The van der Waals surface area contributed by atoms with Crippen LogP contribution in [0, 0.1) is 0 Å². The van der Waals surface area contributed by atoms with E-state index in [1.54, 1.807) is 18.2 Å². The minimum absolute atomic E-state index is 0.00865. The van der Waals surface area contributed by atoms with Crippen LogP contribution in [0.3, 0.4) is 0 Å². The molecule has 2 aromatic rings. The number of ketones is 1. The Labute approximate surface area is 163 Å². The van der Waals surface area contributed by atoms with Crippen molar-refractivity contribution in [1.29, 1.82) is 0 Å². The van der Waals surface area contributed by atoms with Crippen molar-refractivity contribution in [3.8, 4) is 0 Å². The van der Waals surface area contributed by atoms with Crippen molar-refractivity contribution < 1.29 is 14.3 Å². The molecule has 0 heterocycles. The van der Waals surface area contributed by atoms with E-state index in [0.29, 0.717) is 25.5 Å². The summed E-state index contributed by atoms with van der Waals surface area (Å²) in [6.07, 6.45) is 0. The Hall–Kier alpha value is -0.910. The highest BCUT2D eigenvalue weighted by Gasteiger charge is 2.13. The molecule has 0 spiro atoms. The van der Waals surface area contributed by atoms with Crippen LogP contribution in [0.1, 0.15) is 10.4 Å². The van der Waals surface area contributed by atoms with E-state index in [4.69, 9.17) is 51.1 Å². The summed E-state index contributed by atoms with van der Waals surface area (Å²) < 4.78 is 4.96. The Kier molecular flexibility index (Phi) is 7.26. The van der Waals surface area contributed by atoms with Gasteiger partial charge in [0.15, 0.2) is 12.4 Å². The highest BCUT2D eigenvalue weighted by Crippen LogP contribution is 2.29. The molecule has 0 saturated heterocycles. The Morgan fingerprint density at radius 2 is 1.62 bits per heavy atom. The molecule has 0 aliphatic rings. The van der Waals surface area contributed by atoms with Crippen molar-refractivity contribution in [2.24, 2.45) is 0 Å². The molecule has 0 radical (unpaired) electrons. The molecule has 0 atom stereocenters. The van der Waals surface area contributed by atoms with Gasteiger partial charge in [-0.25, -0.2) is 0 Å². The maximum Gasteiger partial charge on any atom is 0.316 e. The molecular formula is C16H10Cl4O3S. The summed E-state index contributed by atoms with van der Waals surface area (Å²) in [6, 6.07) is 9.41. The van der Waals surface area contributed by atoms with Crippen molar-refractivity contribution in [3.05, 3.63) is 62.1 Å². The molecule has 0 bridgehead atoms. The molecule has 0 aliphatic carbocycles. The Bertz CT molecular complexity index is 780. The summed E-state index contributed by atoms with van der Waals surface area (Å²) in [5, 5.41) is 1.62. The maximum absolute atomic E-state index is 12.0. The first kappa shape index (κ1) is 19.4. The third kappa shape index (κ3) is 5.57. The van der Waals surface area contributed by atoms with E-state index in [-0.39, 0.29) is 23.2 Å². The van der Waals surface area contributed by atoms with Crippen LogP contribution in [0.4, 0.5) is 0 Å². The monoisotopic (exact) mass is 422 g/mol. The molecule has 0 aliphatic heterocycles. The third-order valence-corrected chi connectivity index (χ3v) is 5.29. The zero-order chi connectivity index (χ0) is 17.7. The van der Waals surface area contributed by atoms with Crippen molar-refractivity contribution in [1.82, 2.24) is 0 Å². The van der Waals surface area contributed by atoms with E-state index in [2.05, 4.69) is 0 Å². The first-order valence-corrected chi connectivity index (χ1v) is 9.08. The fraction of sp³-hybridized carbons (Fsp3) is 0.125. The van der Waals surface area contributed by atoms with E-state index in [9.17, 15) is 9.59 Å². The zero-order valence-electron chi connectivity index (χ0n) is 12.0. The van der Waals surface area contributed by atoms with Gasteiger partial charge >= 0.3 is 5.97 Å². The summed E-state index contributed by atoms with van der Waals surface area (Å²) in [7, 11) is 0. The fourth-order valence-electron chi connectivity index (χ4n) is 1.67. The highest BCUT2D eigenvalue weighted by molar-refractivity contribution is 8.00. The molecule has 0 fully saturated rings. The van der Waals surface area contributed by atoms with Crippen molar-refractivity contribution >= 4 is 69.9 Å². The van der Waals surface area contributed by atoms with Crippen molar-refractivity contribution in [3.63, 3.8) is 0 Å². The summed E-state index contributed by atoms with van der Waals surface area (Å²) in [5.41, 5.74) is 0.322. The molecule has 0 aromatic heterocycles. The van der Waals surface area contributed by atoms with Gasteiger partial charge < -0.3 is 4.74 Å². The number of halogens is 4. The topological polar surface area (TPSA) is 43.4 Å². The lowest BCUT2D eigenvalue weighted by Gasteiger charge is -2.06. The van der Waals surface area contributed by atoms with Gasteiger partial charge in [-0.15, -0.1) is 11.8 Å². The molecule has 2 aromatic carbocycles. The zero-order valence-corrected chi connectivity index (χ0v) is 15.9. The Morgan fingerprint density at radius 3 is 2.33 bits per heavy atom. The first-order valence-electron chi connectivity index (χ1n) is 6.58. The molecule has 0 amide bonds. The number of carbonyl (C=O) groups is 2. The van der Waals surface area contributed by atoms with Gasteiger partial charge in [-0.2, -0.15) is 0 Å². The van der Waals surface area contributed by atoms with E-state index in [0.717, 1.165) is 0 Å². The highest BCUT2D eigenvalue weighted by atomic mass is 35.5. The second kappa shape index (κ2) is 8.97. The van der Waals surface area contributed by atoms with E-state index in [1.165, 1.54) is 30.0 Å². The van der Waals surface area contributed by atoms with Crippen molar-refractivity contribution in [2.75, 3.05) is 12.4 Å². The van der Waals surface area contributed by atoms with Gasteiger partial charge in [-0.3, -0.25) is 9.59 Å². The van der Waals surface area contributed by atoms with Crippen LogP contribution in [0.5, 0.6) is 0 Å². The molecule has 0 unspecified atom stereocenters. The summed E-state index contributed by atoms with van der Waals surface area (Å²) >= 11 is 24.7. The number of thioether (sulfide) groups is 1. The van der Waals surface area contributed by atoms with E-state index < -0.39 is 5.97 Å². The van der Waals surface area contributed by atoms with Gasteiger partial charge in [-0.05, 0) is 36.4 Å². The second-order valence-corrected chi connectivity index (χ2v) is 7.25. The quantitative estimate of drug-likeness (QED) is 0.333. The number of rotatable bonds is 6. The predicted molar refractivity (Wildman–Crippen MR) is 98.9 cm³/mol. The first-order chi connectivity index (χ1) is 11.4. The maximum atomic E-state index is 12.0. The average Bonchev–Trinajstić information content (AvgIpc) is 2.56. The van der Waals surface area contributed by atoms with Crippen molar-refractivity contribution in [2.45, 2.75) is 4.90 Å². The smallest absolute Gasteiger partial charge is 0.316 e. The van der Waals surface area contributed by atoms with Crippen LogP contribution >= 0.6 is 58.2 Å². The van der Waals surface area contributed by atoms with Crippen LogP contribution in [-0.4, -0.2) is 24.1 Å². The summed E-state index contributed by atoms with van der Waals surface area (Å²) in [5.74, 6) is -0.897. The van der Waals surface area contributed by atoms with Crippen LogP contribution < -0.4 is 0 Å². The number of hydrogen-bond acceptors (Lipinski definition) is 4. The fourth-order valence-corrected chi connectivity index (χ4v) is 3.25. The molecule has 3 nitrogen and oxygen atoms in total. The molecule has 2 rings (SSSR count). The molecule has 24 heavy (non-hydrogen) atoms. The molecule has 0 N–H and O–H groups in total. The largest absolute Gasteiger partial charge is 0.457 e. The second-order valence-electron chi connectivity index (χ2n) is 4.58. The standard InChI is InChI=1S/C16H10Cl4O3S/c17-10-2-4-12(19)15(6-10)24-8-16(22)23-7-14(21)9-1-3-11(18)13(20)5-9/h1-6H,7-8H2. The van der Waals surface area contributed by atoms with Gasteiger partial charge in [0.25, 0.3) is 0 Å². The molecule has 126 valence electrons. The molecular weight excluding hydrogens is 414 g/mol. The predicted octanol–water partition coefficient (Wildman–Crippen LogP) is 5.82. The van der Waals surface area contributed by atoms with Gasteiger partial charge in [0.05, 0.1) is 20.8 Å². The molecule has 8 heteroatoms. The number of Topliss-reactive ketones (excluding diaryl/α,β-unsaturated/α-hetero) is 1. The van der Waals surface area contributed by atoms with E-state index in [1.807, 2.05) is 0 Å². The minimum Gasteiger partial charge on any atom is -0.457 e. The normalized spacial score (nSPS) is 10.5. The van der Waals surface area contributed by atoms with Gasteiger partial charge in [0, 0.05) is 15.5 Å². The van der Waals surface area contributed by atoms with Crippen LogP contribution in [-0.2, 0) is 9.53 Å². The number of hydrogen-bond donors (Lipinski definition) is 0. The summed E-state index contributed by atoms with van der Waals surface area (Å²) in [4.78, 5) is 24.4. The number of esters is 1. The average molecular weight is 424 g/mol. The lowest BCUT2D eigenvalue weighted by atomic mass is 10.1. The lowest BCUT2D eigenvalue weighted by molar-refractivity contribution is -0.139. The number of carbonyl (C=O) groups excluding carboxylic acids is 2. The van der Waals surface area contributed by atoms with Crippen LogP contribution in [0.25, 0.3) is 0 Å². The number of ether oxygens (including phenoxy) is 1. The Morgan fingerprint density at radius 1 is 0.917 bits per heavy atom. The van der Waals surface area contributed by atoms with Crippen LogP contribution in [0.2, 0.25) is 20.1 Å². The SMILES string of the molecule is O=C(CSc1cc(Cl)ccc1Cl)OCC(=O)c1ccc(Cl)c(Cl)c1. The van der Waals surface area contributed by atoms with Crippen LogP contribution in [0.15, 0.2) is 41.3 Å². The van der Waals surface area contributed by atoms with Gasteiger partial charge in [0.2, 0.25) is 0 Å². The Balaban J connectivity index is 1.85. The van der Waals surface area contributed by atoms with Gasteiger partial charge in [0.1, 0.15) is 0 Å². The molecule has 0 saturated carbocycles. The summed E-state index contributed by atoms with van der Waals surface area (Å²) in [6.45, 7) is -0.374.